The fourth-order valence-electron chi connectivity index (χ4n) is 0.910. The highest BCUT2D eigenvalue weighted by atomic mass is 35.5. The van der Waals surface area contributed by atoms with Crippen LogP contribution in [-0.2, 0) is 0 Å². The average Bonchev–Trinajstić information content (AvgIpc) is 2.10. The van der Waals surface area contributed by atoms with Crippen LogP contribution in [0, 0.1) is 11.6 Å². The number of carbonyl (C=O) groups is 1. The van der Waals surface area contributed by atoms with E-state index in [1.54, 1.807) is 0 Å². The Morgan fingerprint density at radius 1 is 1.54 bits per heavy atom. The summed E-state index contributed by atoms with van der Waals surface area (Å²) in [4.78, 5) is 10.4. The topological polar surface area (TPSA) is 26.3 Å². The second-order valence-electron chi connectivity index (χ2n) is 2.22. The molecule has 0 fully saturated rings. The van der Waals surface area contributed by atoms with Gasteiger partial charge in [-0.05, 0) is 6.07 Å². The molecular formula is C8H5ClF2O2. The maximum atomic E-state index is 12.9. The first-order valence-electron chi connectivity index (χ1n) is 3.28. The summed E-state index contributed by atoms with van der Waals surface area (Å²) in [6.45, 7) is 0. The number of aldehydes is 1. The third kappa shape index (κ3) is 1.62. The SMILES string of the molecule is COc1c(Cl)cc(F)c(F)c1C=O. The van der Waals surface area contributed by atoms with Crippen LogP contribution in [0.4, 0.5) is 8.78 Å². The Morgan fingerprint density at radius 2 is 2.15 bits per heavy atom. The Hall–Kier alpha value is -1.16. The zero-order valence-corrected chi connectivity index (χ0v) is 7.36. The molecule has 0 amide bonds. The van der Waals surface area contributed by atoms with Crippen LogP contribution in [0.3, 0.4) is 0 Å². The molecule has 0 saturated carbocycles. The Balaban J connectivity index is 3.50. The number of rotatable bonds is 2. The fraction of sp³-hybridized carbons (Fsp3) is 0.125. The van der Waals surface area contributed by atoms with E-state index in [-0.39, 0.29) is 17.1 Å². The first kappa shape index (κ1) is 9.92. The van der Waals surface area contributed by atoms with E-state index in [1.165, 1.54) is 7.11 Å². The van der Waals surface area contributed by atoms with E-state index in [0.29, 0.717) is 0 Å². The molecule has 1 aromatic rings. The maximum Gasteiger partial charge on any atom is 0.173 e. The highest BCUT2D eigenvalue weighted by Crippen LogP contribution is 2.30. The number of hydrogen-bond donors (Lipinski definition) is 0. The summed E-state index contributed by atoms with van der Waals surface area (Å²) in [5.41, 5.74) is -0.507. The van der Waals surface area contributed by atoms with Gasteiger partial charge in [0, 0.05) is 0 Å². The summed E-state index contributed by atoms with van der Waals surface area (Å²) in [6, 6.07) is 0.753. The fourth-order valence-corrected chi connectivity index (χ4v) is 1.18. The van der Waals surface area contributed by atoms with E-state index >= 15 is 0 Å². The number of hydrogen-bond acceptors (Lipinski definition) is 2. The summed E-state index contributed by atoms with van der Waals surface area (Å²) in [5.74, 6) is -2.58. The van der Waals surface area contributed by atoms with Crippen molar-refractivity contribution in [3.8, 4) is 5.75 Å². The maximum absolute atomic E-state index is 12.9. The third-order valence-electron chi connectivity index (χ3n) is 1.48. The van der Waals surface area contributed by atoms with Gasteiger partial charge in [0.1, 0.15) is 0 Å². The van der Waals surface area contributed by atoms with Crippen molar-refractivity contribution in [3.05, 3.63) is 28.3 Å². The predicted molar refractivity (Wildman–Crippen MR) is 43.3 cm³/mol. The quantitative estimate of drug-likeness (QED) is 0.549. The predicted octanol–water partition coefficient (Wildman–Crippen LogP) is 2.44. The van der Waals surface area contributed by atoms with Gasteiger partial charge < -0.3 is 4.74 Å². The van der Waals surface area contributed by atoms with Gasteiger partial charge in [0.15, 0.2) is 23.7 Å². The van der Waals surface area contributed by atoms with E-state index in [9.17, 15) is 13.6 Å². The van der Waals surface area contributed by atoms with Gasteiger partial charge in [0.05, 0.1) is 17.7 Å². The monoisotopic (exact) mass is 206 g/mol. The van der Waals surface area contributed by atoms with Gasteiger partial charge in [-0.3, -0.25) is 4.79 Å². The summed E-state index contributed by atoms with van der Waals surface area (Å²) >= 11 is 5.49. The molecule has 0 aliphatic carbocycles. The van der Waals surface area contributed by atoms with Crippen molar-refractivity contribution in [1.29, 1.82) is 0 Å². The van der Waals surface area contributed by atoms with Crippen LogP contribution in [0.1, 0.15) is 10.4 Å². The molecular weight excluding hydrogens is 202 g/mol. The van der Waals surface area contributed by atoms with Crippen LogP contribution >= 0.6 is 11.6 Å². The van der Waals surface area contributed by atoms with Crippen molar-refractivity contribution in [2.45, 2.75) is 0 Å². The molecule has 70 valence electrons. The Morgan fingerprint density at radius 3 is 2.62 bits per heavy atom. The molecule has 0 atom stereocenters. The first-order chi connectivity index (χ1) is 6.11. The van der Waals surface area contributed by atoms with E-state index in [4.69, 9.17) is 11.6 Å². The van der Waals surface area contributed by atoms with Crippen LogP contribution < -0.4 is 4.74 Å². The van der Waals surface area contributed by atoms with Gasteiger partial charge in [-0.1, -0.05) is 11.6 Å². The van der Waals surface area contributed by atoms with Crippen molar-refractivity contribution in [1.82, 2.24) is 0 Å². The van der Waals surface area contributed by atoms with E-state index in [2.05, 4.69) is 4.74 Å². The van der Waals surface area contributed by atoms with E-state index in [0.717, 1.165) is 6.07 Å². The van der Waals surface area contributed by atoms with Crippen molar-refractivity contribution >= 4 is 17.9 Å². The lowest BCUT2D eigenvalue weighted by atomic mass is 10.2. The molecule has 0 N–H and O–H groups in total. The molecule has 0 heterocycles. The average molecular weight is 207 g/mol. The second-order valence-corrected chi connectivity index (χ2v) is 2.63. The van der Waals surface area contributed by atoms with Gasteiger partial charge in [-0.15, -0.1) is 0 Å². The smallest absolute Gasteiger partial charge is 0.173 e. The van der Waals surface area contributed by atoms with Crippen LogP contribution in [0.5, 0.6) is 5.75 Å². The molecule has 2 nitrogen and oxygen atoms in total. The molecule has 1 rings (SSSR count). The lowest BCUT2D eigenvalue weighted by Crippen LogP contribution is -1.98. The molecule has 0 radical (unpaired) electrons. The van der Waals surface area contributed by atoms with Gasteiger partial charge in [-0.25, -0.2) is 8.78 Å². The summed E-state index contributed by atoms with van der Waals surface area (Å²) < 4.78 is 30.2. The number of ether oxygens (including phenoxy) is 1. The first-order valence-corrected chi connectivity index (χ1v) is 3.66. The summed E-state index contributed by atoms with van der Waals surface area (Å²) in [7, 11) is 1.21. The minimum atomic E-state index is -1.25. The highest BCUT2D eigenvalue weighted by molar-refractivity contribution is 6.32. The molecule has 0 unspecified atom stereocenters. The van der Waals surface area contributed by atoms with Crippen molar-refractivity contribution in [2.75, 3.05) is 7.11 Å². The largest absolute Gasteiger partial charge is 0.494 e. The number of benzene rings is 1. The number of halogens is 3. The molecule has 5 heteroatoms. The normalized spacial score (nSPS) is 9.85. The van der Waals surface area contributed by atoms with Gasteiger partial charge in [0.2, 0.25) is 0 Å². The molecule has 0 bridgehead atoms. The van der Waals surface area contributed by atoms with Crippen molar-refractivity contribution < 1.29 is 18.3 Å². The molecule has 0 spiro atoms. The van der Waals surface area contributed by atoms with E-state index < -0.39 is 17.2 Å². The zero-order valence-electron chi connectivity index (χ0n) is 6.61. The van der Waals surface area contributed by atoms with Crippen LogP contribution in [0.15, 0.2) is 6.07 Å². The molecule has 0 saturated heterocycles. The standard InChI is InChI=1S/C8H5ClF2O2/c1-13-8-4(3-12)7(11)6(10)2-5(8)9/h2-3H,1H3. The highest BCUT2D eigenvalue weighted by Gasteiger charge is 2.17. The Kier molecular flexibility index (Phi) is 2.83. The van der Waals surface area contributed by atoms with Crippen LogP contribution in [-0.4, -0.2) is 13.4 Å². The van der Waals surface area contributed by atoms with E-state index in [1.807, 2.05) is 0 Å². The molecule has 0 aliphatic rings. The number of carbonyl (C=O) groups excluding carboxylic acids is 1. The molecule has 1 aromatic carbocycles. The minimum Gasteiger partial charge on any atom is -0.494 e. The Bertz CT molecular complexity index is 352. The van der Waals surface area contributed by atoms with Crippen molar-refractivity contribution in [3.63, 3.8) is 0 Å². The second kappa shape index (κ2) is 3.70. The summed E-state index contributed by atoms with van der Waals surface area (Å²) in [6.07, 6.45) is 0.156. The molecule has 0 aliphatic heterocycles. The van der Waals surface area contributed by atoms with Gasteiger partial charge in [0.25, 0.3) is 0 Å². The van der Waals surface area contributed by atoms with Gasteiger partial charge >= 0.3 is 0 Å². The third-order valence-corrected chi connectivity index (χ3v) is 1.76. The minimum absolute atomic E-state index is 0.136. The summed E-state index contributed by atoms with van der Waals surface area (Å²) in [5, 5.41) is -0.136. The lowest BCUT2D eigenvalue weighted by Gasteiger charge is -2.06. The number of methoxy groups -OCH3 is 1. The molecule has 0 aromatic heterocycles. The zero-order chi connectivity index (χ0) is 10.0. The van der Waals surface area contributed by atoms with Gasteiger partial charge in [-0.2, -0.15) is 0 Å². The lowest BCUT2D eigenvalue weighted by molar-refractivity contribution is 0.111. The van der Waals surface area contributed by atoms with Crippen LogP contribution in [0.25, 0.3) is 0 Å². The molecule has 13 heavy (non-hydrogen) atoms. The van der Waals surface area contributed by atoms with Crippen LogP contribution in [0.2, 0.25) is 5.02 Å². The van der Waals surface area contributed by atoms with Crippen molar-refractivity contribution in [2.24, 2.45) is 0 Å². The Labute approximate surface area is 78.1 Å².